The molecule has 0 saturated heterocycles. The van der Waals surface area contributed by atoms with Gasteiger partial charge in [0.2, 0.25) is 0 Å². The van der Waals surface area contributed by atoms with Gasteiger partial charge in [-0.1, -0.05) is 54.6 Å². The number of rotatable bonds is 4. The number of carboxylic acids is 1. The largest absolute Gasteiger partial charge is 0.478 e. The predicted octanol–water partition coefficient (Wildman–Crippen LogP) is 4.84. The maximum Gasteiger partial charge on any atom is 0.335 e. The van der Waals surface area contributed by atoms with E-state index in [1.54, 1.807) is 12.1 Å². The van der Waals surface area contributed by atoms with Gasteiger partial charge in [0.25, 0.3) is 0 Å². The van der Waals surface area contributed by atoms with E-state index in [0.29, 0.717) is 11.5 Å². The molecule has 0 spiro atoms. The first-order valence-electron chi connectivity index (χ1n) is 6.90. The van der Waals surface area contributed by atoms with Crippen molar-refractivity contribution in [1.29, 1.82) is 0 Å². The summed E-state index contributed by atoms with van der Waals surface area (Å²) in [5, 5.41) is 9.05. The van der Waals surface area contributed by atoms with Gasteiger partial charge in [-0.05, 0) is 29.8 Å². The van der Waals surface area contributed by atoms with E-state index >= 15 is 0 Å². The average molecular weight is 290 g/mol. The van der Waals surface area contributed by atoms with Crippen LogP contribution in [0.5, 0.6) is 11.5 Å². The molecule has 3 aromatic carbocycles. The summed E-state index contributed by atoms with van der Waals surface area (Å²) in [5.74, 6) is 0.223. The van der Waals surface area contributed by atoms with Crippen LogP contribution in [-0.4, -0.2) is 11.1 Å². The number of para-hydroxylation sites is 1. The Bertz CT molecular complexity index is 795. The van der Waals surface area contributed by atoms with Crippen molar-refractivity contribution in [2.24, 2.45) is 0 Å². The highest BCUT2D eigenvalue weighted by Gasteiger charge is 2.08. The number of ether oxygens (including phenoxy) is 1. The van der Waals surface area contributed by atoms with Crippen molar-refractivity contribution in [3.63, 3.8) is 0 Å². The van der Waals surface area contributed by atoms with Gasteiger partial charge in [0.1, 0.15) is 11.5 Å². The van der Waals surface area contributed by atoms with E-state index < -0.39 is 5.97 Å². The van der Waals surface area contributed by atoms with Gasteiger partial charge in [-0.25, -0.2) is 4.79 Å². The zero-order chi connectivity index (χ0) is 15.4. The Morgan fingerprint density at radius 2 is 1.55 bits per heavy atom. The number of carbonyl (C=O) groups is 1. The third-order valence-electron chi connectivity index (χ3n) is 3.28. The topological polar surface area (TPSA) is 46.5 Å². The van der Waals surface area contributed by atoms with E-state index in [0.717, 1.165) is 11.1 Å². The average Bonchev–Trinajstić information content (AvgIpc) is 2.56. The fourth-order valence-electron chi connectivity index (χ4n) is 2.23. The first-order valence-corrected chi connectivity index (χ1v) is 6.90. The standard InChI is InChI=1S/C19H14O3/c20-19(21)15-9-6-10-16(13-15)22-18-12-5-4-11-17(18)14-7-2-1-3-8-14/h1-13H,(H,20,21). The summed E-state index contributed by atoms with van der Waals surface area (Å²) in [6, 6.07) is 24.1. The number of hydrogen-bond donors (Lipinski definition) is 1. The molecule has 0 bridgehead atoms. The van der Waals surface area contributed by atoms with Crippen LogP contribution >= 0.6 is 0 Å². The van der Waals surface area contributed by atoms with Crippen LogP contribution in [0.25, 0.3) is 11.1 Å². The highest BCUT2D eigenvalue weighted by Crippen LogP contribution is 2.33. The molecule has 0 amide bonds. The van der Waals surface area contributed by atoms with Gasteiger partial charge in [0, 0.05) is 5.56 Å². The molecule has 108 valence electrons. The number of carboxylic acid groups (broad SMARTS) is 1. The maximum atomic E-state index is 11.0. The normalized spacial score (nSPS) is 10.2. The van der Waals surface area contributed by atoms with Crippen molar-refractivity contribution in [3.05, 3.63) is 84.4 Å². The fourth-order valence-corrected chi connectivity index (χ4v) is 2.23. The van der Waals surface area contributed by atoms with Crippen molar-refractivity contribution in [3.8, 4) is 22.6 Å². The smallest absolute Gasteiger partial charge is 0.335 e. The zero-order valence-electron chi connectivity index (χ0n) is 11.8. The molecule has 3 aromatic rings. The molecule has 0 aliphatic heterocycles. The molecule has 0 fully saturated rings. The van der Waals surface area contributed by atoms with Crippen LogP contribution in [-0.2, 0) is 0 Å². The van der Waals surface area contributed by atoms with E-state index in [2.05, 4.69) is 0 Å². The summed E-state index contributed by atoms with van der Waals surface area (Å²) in [7, 11) is 0. The van der Waals surface area contributed by atoms with Crippen LogP contribution in [0.4, 0.5) is 0 Å². The Hall–Kier alpha value is -3.07. The number of benzene rings is 3. The zero-order valence-corrected chi connectivity index (χ0v) is 11.8. The summed E-state index contributed by atoms with van der Waals surface area (Å²) >= 11 is 0. The van der Waals surface area contributed by atoms with E-state index in [1.165, 1.54) is 12.1 Å². The Morgan fingerprint density at radius 3 is 2.32 bits per heavy atom. The van der Waals surface area contributed by atoms with Crippen LogP contribution in [0, 0.1) is 0 Å². The molecule has 0 atom stereocenters. The van der Waals surface area contributed by atoms with Crippen LogP contribution in [0.3, 0.4) is 0 Å². The van der Waals surface area contributed by atoms with Crippen LogP contribution in [0.2, 0.25) is 0 Å². The van der Waals surface area contributed by atoms with Gasteiger partial charge in [0.05, 0.1) is 5.56 Å². The van der Waals surface area contributed by atoms with Crippen LogP contribution in [0.15, 0.2) is 78.9 Å². The molecule has 0 unspecified atom stereocenters. The minimum absolute atomic E-state index is 0.203. The van der Waals surface area contributed by atoms with Gasteiger partial charge in [-0.3, -0.25) is 0 Å². The second kappa shape index (κ2) is 6.14. The summed E-state index contributed by atoms with van der Waals surface area (Å²) in [4.78, 5) is 11.0. The third-order valence-corrected chi connectivity index (χ3v) is 3.28. The molecule has 3 rings (SSSR count). The molecule has 3 heteroatoms. The molecule has 0 radical (unpaired) electrons. The Balaban J connectivity index is 1.97. The first-order chi connectivity index (χ1) is 10.7. The lowest BCUT2D eigenvalue weighted by Crippen LogP contribution is -1.96. The predicted molar refractivity (Wildman–Crippen MR) is 85.4 cm³/mol. The Morgan fingerprint density at radius 1 is 0.818 bits per heavy atom. The quantitative estimate of drug-likeness (QED) is 0.747. The van der Waals surface area contributed by atoms with Gasteiger partial charge >= 0.3 is 5.97 Å². The molecular formula is C19H14O3. The van der Waals surface area contributed by atoms with E-state index in [4.69, 9.17) is 9.84 Å². The summed E-state index contributed by atoms with van der Waals surface area (Å²) in [6.07, 6.45) is 0. The first kappa shape index (κ1) is 13.9. The maximum absolute atomic E-state index is 11.0. The van der Waals surface area contributed by atoms with Gasteiger partial charge in [-0.15, -0.1) is 0 Å². The summed E-state index contributed by atoms with van der Waals surface area (Å²) < 4.78 is 5.89. The van der Waals surface area contributed by atoms with E-state index in [-0.39, 0.29) is 5.56 Å². The van der Waals surface area contributed by atoms with Crippen molar-refractivity contribution in [2.45, 2.75) is 0 Å². The number of aromatic carboxylic acids is 1. The second-order valence-corrected chi connectivity index (χ2v) is 4.80. The lowest BCUT2D eigenvalue weighted by Gasteiger charge is -2.11. The lowest BCUT2D eigenvalue weighted by atomic mass is 10.0. The molecular weight excluding hydrogens is 276 g/mol. The highest BCUT2D eigenvalue weighted by molar-refractivity contribution is 5.88. The van der Waals surface area contributed by atoms with E-state index in [9.17, 15) is 4.79 Å². The Kier molecular flexibility index (Phi) is 3.88. The molecule has 0 aliphatic carbocycles. The SMILES string of the molecule is O=C(O)c1cccc(Oc2ccccc2-c2ccccc2)c1. The molecule has 0 aliphatic rings. The monoisotopic (exact) mass is 290 g/mol. The molecule has 0 aromatic heterocycles. The fraction of sp³-hybridized carbons (Fsp3) is 0. The van der Waals surface area contributed by atoms with E-state index in [1.807, 2.05) is 54.6 Å². The highest BCUT2D eigenvalue weighted by atomic mass is 16.5. The number of hydrogen-bond acceptors (Lipinski definition) is 2. The molecule has 1 N–H and O–H groups in total. The van der Waals surface area contributed by atoms with Crippen molar-refractivity contribution in [2.75, 3.05) is 0 Å². The van der Waals surface area contributed by atoms with Gasteiger partial charge < -0.3 is 9.84 Å². The van der Waals surface area contributed by atoms with Gasteiger partial charge in [-0.2, -0.15) is 0 Å². The summed E-state index contributed by atoms with van der Waals surface area (Å²) in [5.41, 5.74) is 2.21. The van der Waals surface area contributed by atoms with Crippen LogP contribution in [0.1, 0.15) is 10.4 Å². The molecule has 22 heavy (non-hydrogen) atoms. The minimum Gasteiger partial charge on any atom is -0.478 e. The molecule has 0 heterocycles. The van der Waals surface area contributed by atoms with Crippen molar-refractivity contribution in [1.82, 2.24) is 0 Å². The second-order valence-electron chi connectivity index (χ2n) is 4.80. The Labute approximate surface area is 128 Å². The van der Waals surface area contributed by atoms with Crippen LogP contribution < -0.4 is 4.74 Å². The van der Waals surface area contributed by atoms with Gasteiger partial charge in [0.15, 0.2) is 0 Å². The third kappa shape index (κ3) is 2.99. The van der Waals surface area contributed by atoms with Crippen molar-refractivity contribution < 1.29 is 14.6 Å². The van der Waals surface area contributed by atoms with Crippen molar-refractivity contribution >= 4 is 5.97 Å². The molecule has 3 nitrogen and oxygen atoms in total. The lowest BCUT2D eigenvalue weighted by molar-refractivity contribution is 0.0696. The summed E-state index contributed by atoms with van der Waals surface area (Å²) in [6.45, 7) is 0. The molecule has 0 saturated carbocycles. The minimum atomic E-state index is -0.971.